The van der Waals surface area contributed by atoms with Gasteiger partial charge in [-0.05, 0) is 18.2 Å². The standard InChI is InChI=1S/C12H14N2O2.C4H4O4.2HNO3/c15-8-10(16)7-13-12-6-5-9-3-1-2-4-11(9)14-12;5-3(6)1-2-4(7)8;2*2-1(3)4/h1-6,10,15-16H,7-8H2,(H,13,14);1-2H,(H,5,6)(H,7,8);2*(H,2,3,4). The van der Waals surface area contributed by atoms with Crippen LogP contribution in [-0.2, 0) is 9.59 Å². The lowest BCUT2D eigenvalue weighted by molar-refractivity contribution is -0.742. The summed E-state index contributed by atoms with van der Waals surface area (Å²) in [6.07, 6.45) is 0.360. The number of aliphatic hydroxyl groups excluding tert-OH is 2. The SMILES string of the molecule is O=C(O)C=CC(=O)O.O=[N+]([O-])O.O=[N+]([O-])O.OCC(O)CNc1ccc2ccccc2n1. The van der Waals surface area contributed by atoms with Crippen LogP contribution in [0.15, 0.2) is 48.6 Å². The van der Waals surface area contributed by atoms with E-state index in [0.29, 0.717) is 24.5 Å². The number of pyridine rings is 1. The number of aliphatic carboxylic acids is 2. The van der Waals surface area contributed by atoms with Crippen molar-refractivity contribution in [1.82, 2.24) is 4.98 Å². The molecule has 1 heterocycles. The number of carboxylic acid groups (broad SMARTS) is 2. The molecule has 0 saturated carbocycles. The maximum absolute atomic E-state index is 9.55. The van der Waals surface area contributed by atoms with Crippen molar-refractivity contribution in [3.8, 4) is 0 Å². The van der Waals surface area contributed by atoms with Gasteiger partial charge in [0, 0.05) is 24.1 Å². The topological polar surface area (TPSA) is 267 Å². The molecule has 2 aromatic rings. The summed E-state index contributed by atoms with van der Waals surface area (Å²) in [5.74, 6) is -1.81. The second-order valence-corrected chi connectivity index (χ2v) is 5.09. The number of aromatic nitrogens is 1. The molecule has 16 heteroatoms. The molecular weight excluding hydrogens is 440 g/mol. The molecule has 0 aliphatic carbocycles. The van der Waals surface area contributed by atoms with Crippen LogP contribution in [0.4, 0.5) is 5.82 Å². The molecule has 1 aromatic carbocycles. The molecule has 0 amide bonds. The summed E-state index contributed by atoms with van der Waals surface area (Å²) in [4.78, 5) is 40.2. The zero-order chi connectivity index (χ0) is 25.1. The molecular formula is C16H20N4O12. The van der Waals surface area contributed by atoms with Crippen molar-refractivity contribution in [1.29, 1.82) is 0 Å². The molecule has 2 rings (SSSR count). The number of rotatable bonds is 6. The monoisotopic (exact) mass is 460 g/mol. The highest BCUT2D eigenvalue weighted by molar-refractivity contribution is 5.89. The summed E-state index contributed by atoms with van der Waals surface area (Å²) in [5, 5.41) is 64.8. The largest absolute Gasteiger partial charge is 0.478 e. The van der Waals surface area contributed by atoms with Crippen LogP contribution in [0.2, 0.25) is 0 Å². The molecule has 0 radical (unpaired) electrons. The average molecular weight is 460 g/mol. The summed E-state index contributed by atoms with van der Waals surface area (Å²) >= 11 is 0. The first-order chi connectivity index (χ1) is 14.9. The van der Waals surface area contributed by atoms with Gasteiger partial charge in [-0.15, -0.1) is 20.2 Å². The van der Waals surface area contributed by atoms with Gasteiger partial charge in [-0.3, -0.25) is 0 Å². The van der Waals surface area contributed by atoms with Gasteiger partial charge in [0.05, 0.1) is 18.2 Å². The number of para-hydroxylation sites is 1. The summed E-state index contributed by atoms with van der Waals surface area (Å²) in [6, 6.07) is 11.6. The third-order valence-electron chi connectivity index (χ3n) is 2.70. The fourth-order valence-corrected chi connectivity index (χ4v) is 1.59. The van der Waals surface area contributed by atoms with Crippen molar-refractivity contribution in [2.45, 2.75) is 6.10 Å². The molecule has 1 aromatic heterocycles. The van der Waals surface area contributed by atoms with E-state index < -0.39 is 28.2 Å². The Kier molecular flexibility index (Phi) is 16.0. The Labute approximate surface area is 178 Å². The number of carboxylic acids is 2. The molecule has 176 valence electrons. The highest BCUT2D eigenvalue weighted by Gasteiger charge is 2.02. The number of aliphatic hydroxyl groups is 2. The van der Waals surface area contributed by atoms with Crippen LogP contribution in [0, 0.1) is 20.2 Å². The van der Waals surface area contributed by atoms with Gasteiger partial charge in [0.15, 0.2) is 0 Å². The summed E-state index contributed by atoms with van der Waals surface area (Å²) < 4.78 is 0. The van der Waals surface area contributed by atoms with Gasteiger partial charge in [-0.2, -0.15) is 0 Å². The third kappa shape index (κ3) is 20.2. The number of hydrogen-bond acceptors (Lipinski definition) is 10. The molecule has 0 bridgehead atoms. The molecule has 7 N–H and O–H groups in total. The second kappa shape index (κ2) is 17.3. The summed E-state index contributed by atoms with van der Waals surface area (Å²) in [6.45, 7) is 0.0441. The number of anilines is 1. The van der Waals surface area contributed by atoms with Crippen LogP contribution >= 0.6 is 0 Å². The molecule has 0 fully saturated rings. The van der Waals surface area contributed by atoms with Crippen molar-refractivity contribution in [3.05, 3.63) is 68.8 Å². The summed E-state index contributed by atoms with van der Waals surface area (Å²) in [7, 11) is 0. The number of carbonyl (C=O) groups is 2. The minimum Gasteiger partial charge on any atom is -0.478 e. The van der Waals surface area contributed by atoms with E-state index in [0.717, 1.165) is 10.9 Å². The Morgan fingerprint density at radius 2 is 1.47 bits per heavy atom. The van der Waals surface area contributed by atoms with Crippen molar-refractivity contribution in [3.63, 3.8) is 0 Å². The van der Waals surface area contributed by atoms with Crippen LogP contribution in [-0.4, -0.2) is 77.2 Å². The molecule has 16 nitrogen and oxygen atoms in total. The van der Waals surface area contributed by atoms with Crippen LogP contribution in [0.5, 0.6) is 0 Å². The fourth-order valence-electron chi connectivity index (χ4n) is 1.59. The van der Waals surface area contributed by atoms with Gasteiger partial charge in [0.1, 0.15) is 5.82 Å². The first-order valence-electron chi connectivity index (χ1n) is 8.08. The Morgan fingerprint density at radius 3 is 1.91 bits per heavy atom. The lowest BCUT2D eigenvalue weighted by Gasteiger charge is -2.09. The van der Waals surface area contributed by atoms with Gasteiger partial charge in [-0.1, -0.05) is 18.2 Å². The minimum atomic E-state index is -1.50. The van der Waals surface area contributed by atoms with Crippen LogP contribution < -0.4 is 5.32 Å². The van der Waals surface area contributed by atoms with Crippen LogP contribution in [0.25, 0.3) is 10.9 Å². The van der Waals surface area contributed by atoms with Crippen LogP contribution in [0.3, 0.4) is 0 Å². The van der Waals surface area contributed by atoms with Crippen molar-refractivity contribution >= 4 is 28.7 Å². The van der Waals surface area contributed by atoms with E-state index in [4.69, 9.17) is 46.0 Å². The Hall–Kier alpha value is -4.57. The quantitative estimate of drug-likeness (QED) is 0.170. The zero-order valence-corrected chi connectivity index (χ0v) is 16.1. The maximum Gasteiger partial charge on any atom is 0.328 e. The molecule has 0 spiro atoms. The minimum absolute atomic E-state index is 0.249. The number of fused-ring (bicyclic) bond motifs is 1. The third-order valence-corrected chi connectivity index (χ3v) is 2.70. The van der Waals surface area contributed by atoms with Crippen LogP contribution in [0.1, 0.15) is 0 Å². The Balaban J connectivity index is 0. The van der Waals surface area contributed by atoms with Crippen molar-refractivity contribution in [2.75, 3.05) is 18.5 Å². The second-order valence-electron chi connectivity index (χ2n) is 5.09. The lowest BCUT2D eigenvalue weighted by atomic mass is 10.2. The van der Waals surface area contributed by atoms with Gasteiger partial charge in [0.2, 0.25) is 0 Å². The zero-order valence-electron chi connectivity index (χ0n) is 16.1. The van der Waals surface area contributed by atoms with E-state index in [9.17, 15) is 14.7 Å². The smallest absolute Gasteiger partial charge is 0.328 e. The maximum atomic E-state index is 9.55. The predicted octanol–water partition coefficient (Wildman–Crippen LogP) is 0.0163. The highest BCUT2D eigenvalue weighted by atomic mass is 16.9. The van der Waals surface area contributed by atoms with Gasteiger partial charge < -0.3 is 36.2 Å². The molecule has 32 heavy (non-hydrogen) atoms. The van der Waals surface area contributed by atoms with E-state index in [1.807, 2.05) is 36.4 Å². The van der Waals surface area contributed by atoms with Crippen molar-refractivity contribution in [2.24, 2.45) is 0 Å². The number of benzene rings is 1. The molecule has 0 aliphatic rings. The Morgan fingerprint density at radius 1 is 1.00 bits per heavy atom. The number of nitrogens with zero attached hydrogens (tertiary/aromatic N) is 3. The van der Waals surface area contributed by atoms with E-state index in [1.165, 1.54) is 0 Å². The molecule has 1 unspecified atom stereocenters. The van der Waals surface area contributed by atoms with E-state index >= 15 is 0 Å². The van der Waals surface area contributed by atoms with Crippen molar-refractivity contribution < 1.29 is 50.6 Å². The number of hydrogen-bond donors (Lipinski definition) is 7. The normalized spacial score (nSPS) is 10.2. The first-order valence-corrected chi connectivity index (χ1v) is 8.08. The fraction of sp³-hybridized carbons (Fsp3) is 0.188. The van der Waals surface area contributed by atoms with Gasteiger partial charge in [0.25, 0.3) is 10.2 Å². The van der Waals surface area contributed by atoms with Gasteiger partial charge >= 0.3 is 11.9 Å². The summed E-state index contributed by atoms with van der Waals surface area (Å²) in [5.41, 5.74) is 0.908. The lowest BCUT2D eigenvalue weighted by Crippen LogP contribution is -2.23. The number of nitrogens with one attached hydrogen (secondary N) is 1. The first kappa shape index (κ1) is 29.6. The predicted molar refractivity (Wildman–Crippen MR) is 105 cm³/mol. The van der Waals surface area contributed by atoms with E-state index in [1.54, 1.807) is 0 Å². The van der Waals surface area contributed by atoms with E-state index in [2.05, 4.69) is 10.3 Å². The highest BCUT2D eigenvalue weighted by Crippen LogP contribution is 2.14. The average Bonchev–Trinajstić information content (AvgIpc) is 2.70. The molecule has 0 aliphatic heterocycles. The molecule has 1 atom stereocenters. The van der Waals surface area contributed by atoms with Gasteiger partial charge in [-0.25, -0.2) is 14.6 Å². The molecule has 0 saturated heterocycles. The Bertz CT molecular complexity index is 869. The van der Waals surface area contributed by atoms with E-state index in [-0.39, 0.29) is 6.61 Å².